The highest BCUT2D eigenvalue weighted by Crippen LogP contribution is 2.67. The zero-order chi connectivity index (χ0) is 26.1. The number of esters is 2. The van der Waals surface area contributed by atoms with Gasteiger partial charge in [0, 0.05) is 11.1 Å². The van der Waals surface area contributed by atoms with Crippen LogP contribution in [-0.2, 0) is 28.5 Å². The molecule has 37 heavy (non-hydrogen) atoms. The second-order valence-electron chi connectivity index (χ2n) is 11.2. The third-order valence-electron chi connectivity index (χ3n) is 9.44. The molecule has 4 fully saturated rings. The molecule has 1 aromatic heterocycles. The summed E-state index contributed by atoms with van der Waals surface area (Å²) in [5.74, 6) is -1.56. The van der Waals surface area contributed by atoms with Crippen LogP contribution in [0.25, 0.3) is 0 Å². The molecule has 1 spiro atoms. The van der Waals surface area contributed by atoms with Gasteiger partial charge in [0.2, 0.25) is 0 Å². The number of fused-ring (bicyclic) bond motifs is 2. The number of aliphatic hydroxyl groups is 4. The Morgan fingerprint density at radius 2 is 1.97 bits per heavy atom. The molecule has 1 aromatic rings. The van der Waals surface area contributed by atoms with Crippen molar-refractivity contribution in [1.29, 1.82) is 0 Å². The molecule has 4 heterocycles. The van der Waals surface area contributed by atoms with Crippen LogP contribution in [0.2, 0.25) is 0 Å². The van der Waals surface area contributed by atoms with Gasteiger partial charge in [-0.15, -0.1) is 0 Å². The van der Waals surface area contributed by atoms with Crippen molar-refractivity contribution in [2.24, 2.45) is 22.7 Å². The van der Waals surface area contributed by atoms with Crippen LogP contribution in [0.15, 0.2) is 34.7 Å². The predicted molar refractivity (Wildman–Crippen MR) is 121 cm³/mol. The minimum absolute atomic E-state index is 0.0537. The second-order valence-corrected chi connectivity index (χ2v) is 11.2. The summed E-state index contributed by atoms with van der Waals surface area (Å²) in [4.78, 5) is 26.4. The van der Waals surface area contributed by atoms with Crippen LogP contribution in [-0.4, -0.2) is 82.4 Å². The van der Waals surface area contributed by atoms with Gasteiger partial charge >= 0.3 is 11.9 Å². The molecule has 0 radical (unpaired) electrons. The monoisotopic (exact) mass is 520 g/mol. The number of furan rings is 1. The number of allylic oxidation sites excluding steroid dienone is 1. The molecule has 1 saturated carbocycles. The number of hydrogen-bond acceptors (Lipinski definition) is 11. The Bertz CT molecular complexity index is 1080. The van der Waals surface area contributed by atoms with Crippen LogP contribution >= 0.6 is 0 Å². The lowest BCUT2D eigenvalue weighted by Gasteiger charge is -2.61. The molecular formula is C26H32O11. The summed E-state index contributed by atoms with van der Waals surface area (Å²) < 4.78 is 28.6. The van der Waals surface area contributed by atoms with Crippen molar-refractivity contribution in [2.45, 2.75) is 75.5 Å². The van der Waals surface area contributed by atoms with E-state index in [4.69, 9.17) is 23.4 Å². The van der Waals surface area contributed by atoms with Gasteiger partial charge in [0.1, 0.15) is 37.1 Å². The van der Waals surface area contributed by atoms with Gasteiger partial charge in [-0.1, -0.05) is 13.0 Å². The first-order valence-electron chi connectivity index (χ1n) is 12.8. The van der Waals surface area contributed by atoms with Crippen molar-refractivity contribution in [3.8, 4) is 0 Å². The lowest BCUT2D eigenvalue weighted by Crippen LogP contribution is -2.65. The first-order valence-corrected chi connectivity index (χ1v) is 12.8. The summed E-state index contributed by atoms with van der Waals surface area (Å²) >= 11 is 0. The van der Waals surface area contributed by atoms with E-state index in [-0.39, 0.29) is 24.9 Å². The SMILES string of the molecule is C[C@@]12C[C@@H](c3ccoc3)OC(=O)[C@@H]1C[C@@H](O[C@@H]1O[C@H](CO)[C@@H](O)[C@H](O)[C@H]1O)[C@@]13COC(=O)C1=CCC[C@@H]23. The number of carbonyl (C=O) groups is 2. The lowest BCUT2D eigenvalue weighted by atomic mass is 9.44. The maximum atomic E-state index is 13.5. The molecule has 11 heteroatoms. The summed E-state index contributed by atoms with van der Waals surface area (Å²) in [6, 6.07) is 1.78. The number of cyclic esters (lactones) is 2. The molecule has 11 atom stereocenters. The molecule has 3 saturated heterocycles. The highest BCUT2D eigenvalue weighted by atomic mass is 16.7. The zero-order valence-corrected chi connectivity index (χ0v) is 20.4. The van der Waals surface area contributed by atoms with E-state index in [1.54, 1.807) is 12.3 Å². The van der Waals surface area contributed by atoms with Gasteiger partial charge in [-0.2, -0.15) is 0 Å². The fraction of sp³-hybridized carbons (Fsp3) is 0.692. The van der Waals surface area contributed by atoms with E-state index in [9.17, 15) is 30.0 Å². The molecule has 0 amide bonds. The number of carbonyl (C=O) groups excluding carboxylic acids is 2. The van der Waals surface area contributed by atoms with Crippen LogP contribution in [0.5, 0.6) is 0 Å². The highest BCUT2D eigenvalue weighted by Gasteiger charge is 2.69. The highest BCUT2D eigenvalue weighted by molar-refractivity contribution is 5.93. The molecule has 3 aliphatic heterocycles. The summed E-state index contributed by atoms with van der Waals surface area (Å²) in [5, 5.41) is 40.8. The minimum Gasteiger partial charge on any atom is -0.472 e. The fourth-order valence-corrected chi connectivity index (χ4v) is 7.57. The van der Waals surface area contributed by atoms with E-state index in [2.05, 4.69) is 6.92 Å². The van der Waals surface area contributed by atoms with Crippen molar-refractivity contribution >= 4 is 11.9 Å². The molecular weight excluding hydrogens is 488 g/mol. The Morgan fingerprint density at radius 3 is 2.70 bits per heavy atom. The van der Waals surface area contributed by atoms with Gasteiger partial charge in [0.15, 0.2) is 6.29 Å². The summed E-state index contributed by atoms with van der Waals surface area (Å²) in [6.07, 6.45) is -1.59. The second kappa shape index (κ2) is 8.89. The molecule has 202 valence electrons. The van der Waals surface area contributed by atoms with Gasteiger partial charge in [0.05, 0.1) is 36.6 Å². The third kappa shape index (κ3) is 3.55. The Labute approximate surface area is 212 Å². The standard InChI is InChI=1S/C26H32O11/c1-25-8-15(12-5-6-33-10-12)35-23(32)14(25)7-18(26-11-34-22(31)13(26)3-2-4-17(25)26)37-24-21(30)20(29)19(28)16(9-27)36-24/h3,5-6,10,14-21,24,27-30H,2,4,7-9,11H2,1H3/t14-,15-,16+,17-,18+,19+,20-,21+,24-,25+,26-/m0/s1. The Kier molecular flexibility index (Phi) is 6.01. The fourth-order valence-electron chi connectivity index (χ4n) is 7.57. The molecule has 0 bridgehead atoms. The maximum absolute atomic E-state index is 13.5. The van der Waals surface area contributed by atoms with Gasteiger partial charge in [0.25, 0.3) is 0 Å². The first-order chi connectivity index (χ1) is 17.7. The predicted octanol–water partition coefficient (Wildman–Crippen LogP) is 0.358. The van der Waals surface area contributed by atoms with Crippen LogP contribution in [0.4, 0.5) is 0 Å². The van der Waals surface area contributed by atoms with Crippen molar-refractivity contribution < 1.29 is 53.4 Å². The van der Waals surface area contributed by atoms with Gasteiger partial charge in [-0.05, 0) is 43.1 Å². The molecule has 4 N–H and O–H groups in total. The Morgan fingerprint density at radius 1 is 1.16 bits per heavy atom. The number of ether oxygens (including phenoxy) is 4. The van der Waals surface area contributed by atoms with Crippen LogP contribution in [0.3, 0.4) is 0 Å². The van der Waals surface area contributed by atoms with E-state index in [1.165, 1.54) is 6.26 Å². The van der Waals surface area contributed by atoms with Crippen molar-refractivity contribution in [1.82, 2.24) is 0 Å². The van der Waals surface area contributed by atoms with E-state index in [0.29, 0.717) is 24.8 Å². The Balaban J connectivity index is 1.38. The molecule has 2 aliphatic carbocycles. The maximum Gasteiger partial charge on any atom is 0.334 e. The summed E-state index contributed by atoms with van der Waals surface area (Å²) in [6.45, 7) is 1.52. The van der Waals surface area contributed by atoms with E-state index >= 15 is 0 Å². The van der Waals surface area contributed by atoms with Gasteiger partial charge < -0.3 is 43.8 Å². The van der Waals surface area contributed by atoms with Gasteiger partial charge in [-0.3, -0.25) is 4.79 Å². The Hall–Kier alpha value is -2.28. The van der Waals surface area contributed by atoms with Crippen molar-refractivity contribution in [3.63, 3.8) is 0 Å². The van der Waals surface area contributed by atoms with Crippen LogP contribution in [0.1, 0.15) is 44.3 Å². The topological polar surface area (TPSA) is 165 Å². The van der Waals surface area contributed by atoms with Gasteiger partial charge in [-0.25, -0.2) is 4.79 Å². The average Bonchev–Trinajstić information content (AvgIpc) is 3.54. The van der Waals surface area contributed by atoms with Crippen molar-refractivity contribution in [2.75, 3.05) is 13.2 Å². The van der Waals surface area contributed by atoms with Crippen LogP contribution < -0.4 is 0 Å². The minimum atomic E-state index is -1.61. The lowest BCUT2D eigenvalue weighted by molar-refractivity contribution is -0.330. The summed E-state index contributed by atoms with van der Waals surface area (Å²) in [7, 11) is 0. The normalized spacial score (nSPS) is 47.3. The number of rotatable bonds is 4. The van der Waals surface area contributed by atoms with Crippen LogP contribution in [0, 0.1) is 22.7 Å². The summed E-state index contributed by atoms with van der Waals surface area (Å²) in [5.41, 5.74) is -0.193. The number of aliphatic hydroxyl groups excluding tert-OH is 4. The van der Waals surface area contributed by atoms with Crippen molar-refractivity contribution in [3.05, 3.63) is 35.8 Å². The molecule has 0 aromatic carbocycles. The zero-order valence-electron chi connectivity index (χ0n) is 20.4. The molecule has 5 aliphatic rings. The molecule has 11 nitrogen and oxygen atoms in total. The average molecular weight is 521 g/mol. The molecule has 0 unspecified atom stereocenters. The number of hydrogen-bond donors (Lipinski definition) is 4. The van der Waals surface area contributed by atoms with E-state index in [1.807, 2.05) is 6.08 Å². The molecule has 6 rings (SSSR count). The van der Waals surface area contributed by atoms with E-state index in [0.717, 1.165) is 5.56 Å². The smallest absolute Gasteiger partial charge is 0.334 e. The largest absolute Gasteiger partial charge is 0.472 e. The quantitative estimate of drug-likeness (QED) is 0.405. The first kappa shape index (κ1) is 25.0. The third-order valence-corrected chi connectivity index (χ3v) is 9.44. The van der Waals surface area contributed by atoms with E-state index < -0.39 is 72.2 Å².